The van der Waals surface area contributed by atoms with Gasteiger partial charge in [-0.25, -0.2) is 0 Å². The van der Waals surface area contributed by atoms with Gasteiger partial charge in [-0.15, -0.1) is 0 Å². The van der Waals surface area contributed by atoms with E-state index in [1.165, 1.54) is 0 Å². The summed E-state index contributed by atoms with van der Waals surface area (Å²) in [5.74, 6) is 1.48. The molecule has 2 aromatic carbocycles. The molecule has 0 saturated heterocycles. The largest absolute Gasteiger partial charge is 0.496 e. The van der Waals surface area contributed by atoms with E-state index < -0.39 is 11.8 Å². The highest BCUT2D eigenvalue weighted by Crippen LogP contribution is 2.44. The summed E-state index contributed by atoms with van der Waals surface area (Å²) in [4.78, 5) is 12.4. The molecular weight excluding hydrogens is 452 g/mol. The minimum atomic E-state index is -0.591. The fourth-order valence-corrected chi connectivity index (χ4v) is 3.86. The molecule has 1 aromatic heterocycles. The van der Waals surface area contributed by atoms with Gasteiger partial charge in [0.05, 0.1) is 40.6 Å². The molecule has 1 heterocycles. The maximum atomic E-state index is 12.4. The van der Waals surface area contributed by atoms with Gasteiger partial charge in [-0.05, 0) is 36.9 Å². The number of carbonyl (C=O) groups excluding carboxylic acids is 1. The minimum Gasteiger partial charge on any atom is -0.496 e. The molecule has 1 unspecified atom stereocenters. The van der Waals surface area contributed by atoms with Crippen LogP contribution in [0, 0.1) is 0 Å². The van der Waals surface area contributed by atoms with Crippen LogP contribution in [0.25, 0.3) is 22.5 Å². The molecular formula is C25H32N4O6. The molecule has 0 spiro atoms. The van der Waals surface area contributed by atoms with Crippen LogP contribution in [0.3, 0.4) is 0 Å². The summed E-state index contributed by atoms with van der Waals surface area (Å²) in [6, 6.07) is 9.13. The highest BCUT2D eigenvalue weighted by molar-refractivity contribution is 5.86. The second kappa shape index (κ2) is 12.1. The molecule has 3 aromatic rings. The van der Waals surface area contributed by atoms with Gasteiger partial charge in [-0.3, -0.25) is 4.79 Å². The molecule has 0 radical (unpaired) electrons. The van der Waals surface area contributed by atoms with Crippen LogP contribution >= 0.6 is 0 Å². The zero-order valence-electron chi connectivity index (χ0n) is 20.6. The Hall–Kier alpha value is -3.76. The first-order valence-corrected chi connectivity index (χ1v) is 11.1. The molecule has 0 bridgehead atoms. The van der Waals surface area contributed by atoms with Crippen LogP contribution in [-0.2, 0) is 4.79 Å². The third-order valence-electron chi connectivity index (χ3n) is 5.66. The van der Waals surface area contributed by atoms with Crippen LogP contribution in [0.4, 0.5) is 0 Å². The lowest BCUT2D eigenvalue weighted by molar-refractivity contribution is -0.119. The summed E-state index contributed by atoms with van der Waals surface area (Å²) >= 11 is 0. The second-order valence-electron chi connectivity index (χ2n) is 7.70. The third kappa shape index (κ3) is 5.67. The van der Waals surface area contributed by atoms with Gasteiger partial charge in [0.1, 0.15) is 5.75 Å². The van der Waals surface area contributed by atoms with Crippen molar-refractivity contribution >= 4 is 5.91 Å². The maximum Gasteiger partial charge on any atom is 0.226 e. The van der Waals surface area contributed by atoms with Crippen molar-refractivity contribution in [2.75, 3.05) is 55.1 Å². The van der Waals surface area contributed by atoms with Crippen LogP contribution in [0.15, 0.2) is 41.1 Å². The van der Waals surface area contributed by atoms with E-state index in [2.05, 4.69) is 15.8 Å². The predicted octanol–water partition coefficient (Wildman–Crippen LogP) is 2.42. The Morgan fingerprint density at radius 2 is 1.66 bits per heavy atom. The number of amides is 1. The molecule has 10 heteroatoms. The lowest BCUT2D eigenvalue weighted by atomic mass is 9.92. The molecule has 188 valence electrons. The van der Waals surface area contributed by atoms with Crippen molar-refractivity contribution in [1.29, 1.82) is 0 Å². The highest BCUT2D eigenvalue weighted by atomic mass is 16.5. The van der Waals surface area contributed by atoms with Gasteiger partial charge < -0.3 is 39.8 Å². The zero-order valence-corrected chi connectivity index (χ0v) is 20.6. The van der Waals surface area contributed by atoms with Crippen LogP contribution in [-0.4, -0.2) is 66.2 Å². The smallest absolute Gasteiger partial charge is 0.226 e. The number of benzene rings is 2. The summed E-state index contributed by atoms with van der Waals surface area (Å²) in [7, 11) is 8.07. The number of rotatable bonds is 13. The number of ether oxygens (including phenoxy) is 4. The van der Waals surface area contributed by atoms with Crippen LogP contribution in [0.5, 0.6) is 23.0 Å². The van der Waals surface area contributed by atoms with Gasteiger partial charge in [-0.1, -0.05) is 11.2 Å². The van der Waals surface area contributed by atoms with E-state index in [-0.39, 0.29) is 0 Å². The Morgan fingerprint density at radius 1 is 0.971 bits per heavy atom. The molecule has 0 saturated carbocycles. The molecule has 1 atom stereocenters. The van der Waals surface area contributed by atoms with Gasteiger partial charge in [0.15, 0.2) is 17.3 Å². The number of nitrogens with zero attached hydrogens (tertiary/aromatic N) is 1. The van der Waals surface area contributed by atoms with Crippen molar-refractivity contribution in [3.63, 3.8) is 0 Å². The Bertz CT molecular complexity index is 1120. The number of methoxy groups -OCH3 is 4. The zero-order chi connectivity index (χ0) is 25.4. The number of nitrogens with one attached hydrogen (secondary N) is 2. The predicted molar refractivity (Wildman–Crippen MR) is 132 cm³/mol. The van der Waals surface area contributed by atoms with Gasteiger partial charge >= 0.3 is 0 Å². The topological polar surface area (TPSA) is 130 Å². The number of hydrogen-bond donors (Lipinski definition) is 3. The number of primary amides is 1. The molecule has 35 heavy (non-hydrogen) atoms. The van der Waals surface area contributed by atoms with Crippen molar-refractivity contribution in [3.8, 4) is 45.4 Å². The summed E-state index contributed by atoms with van der Waals surface area (Å²) in [6.07, 6.45) is 1.62. The Morgan fingerprint density at radius 3 is 2.23 bits per heavy atom. The van der Waals surface area contributed by atoms with Crippen molar-refractivity contribution in [3.05, 3.63) is 42.1 Å². The van der Waals surface area contributed by atoms with E-state index in [1.54, 1.807) is 52.8 Å². The molecule has 0 fully saturated rings. The number of carbonyl (C=O) groups is 1. The number of aromatic nitrogens is 1. The lowest BCUT2D eigenvalue weighted by Crippen LogP contribution is -2.34. The van der Waals surface area contributed by atoms with Gasteiger partial charge in [0, 0.05) is 36.3 Å². The van der Waals surface area contributed by atoms with Crippen LogP contribution < -0.4 is 35.3 Å². The molecule has 4 N–H and O–H groups in total. The Kier molecular flexibility index (Phi) is 8.93. The van der Waals surface area contributed by atoms with E-state index in [0.717, 1.165) is 17.7 Å². The quantitative estimate of drug-likeness (QED) is 0.313. The van der Waals surface area contributed by atoms with E-state index in [4.69, 9.17) is 29.2 Å². The number of hydrogen-bond acceptors (Lipinski definition) is 9. The Labute approximate surface area is 204 Å². The second-order valence-corrected chi connectivity index (χ2v) is 7.70. The monoisotopic (exact) mass is 484 g/mol. The van der Waals surface area contributed by atoms with E-state index >= 15 is 0 Å². The van der Waals surface area contributed by atoms with Crippen molar-refractivity contribution < 1.29 is 28.3 Å². The minimum absolute atomic E-state index is 0.375. The fourth-order valence-electron chi connectivity index (χ4n) is 3.86. The standard InChI is InChI=1S/C25H32N4O6/c1-27-8-9-28-13-19(25(26)30)17-10-15(6-7-20(17)31-2)18-14-29-35-23(18)16-11-21(32-3)24(34-5)22(12-16)33-4/h6-7,10-12,14,19,27-28H,8-9,13H2,1-5H3,(H2,26,30). The summed E-state index contributed by atoms with van der Waals surface area (Å²) in [6.45, 7) is 1.83. The van der Waals surface area contributed by atoms with Crippen molar-refractivity contribution in [2.24, 2.45) is 5.73 Å². The van der Waals surface area contributed by atoms with E-state index in [9.17, 15) is 4.79 Å². The molecule has 0 aliphatic heterocycles. The van der Waals surface area contributed by atoms with Crippen molar-refractivity contribution in [2.45, 2.75) is 5.92 Å². The molecule has 1 amide bonds. The average Bonchev–Trinajstić information content (AvgIpc) is 3.37. The van der Waals surface area contributed by atoms with Crippen molar-refractivity contribution in [1.82, 2.24) is 15.8 Å². The first-order chi connectivity index (χ1) is 17.0. The molecule has 3 rings (SSSR count). The molecule has 10 nitrogen and oxygen atoms in total. The highest BCUT2D eigenvalue weighted by Gasteiger charge is 2.24. The summed E-state index contributed by atoms with van der Waals surface area (Å²) < 4.78 is 27.5. The normalized spacial score (nSPS) is 11.7. The fraction of sp³-hybridized carbons (Fsp3) is 0.360. The maximum absolute atomic E-state index is 12.4. The van der Waals surface area contributed by atoms with Crippen LogP contribution in [0.2, 0.25) is 0 Å². The number of nitrogens with two attached hydrogens (primary N) is 1. The Balaban J connectivity index is 2.06. The lowest BCUT2D eigenvalue weighted by Gasteiger charge is -2.19. The summed E-state index contributed by atoms with van der Waals surface area (Å²) in [5, 5.41) is 10.3. The van der Waals surface area contributed by atoms with Gasteiger partial charge in [-0.2, -0.15) is 0 Å². The van der Waals surface area contributed by atoms with Gasteiger partial charge in [0.2, 0.25) is 11.7 Å². The van der Waals surface area contributed by atoms with Crippen LogP contribution in [0.1, 0.15) is 11.5 Å². The SMILES string of the molecule is CNCCNCC(C(N)=O)c1cc(-c2cnoc2-c2cc(OC)c(OC)c(OC)c2)ccc1OC. The summed E-state index contributed by atoms with van der Waals surface area (Å²) in [5.41, 5.74) is 8.63. The first kappa shape index (κ1) is 25.9. The number of likely N-dealkylation sites (N-methyl/N-ethyl adjacent to an activating group) is 1. The van der Waals surface area contributed by atoms with E-state index in [1.807, 2.05) is 19.2 Å². The van der Waals surface area contributed by atoms with E-state index in [0.29, 0.717) is 53.0 Å². The third-order valence-corrected chi connectivity index (χ3v) is 5.66. The van der Waals surface area contributed by atoms with Gasteiger partial charge in [0.25, 0.3) is 0 Å². The molecule has 0 aliphatic rings. The average molecular weight is 485 g/mol. The molecule has 0 aliphatic carbocycles. The first-order valence-electron chi connectivity index (χ1n) is 11.1.